The maximum Gasteiger partial charge on any atom is 0.344 e. The van der Waals surface area contributed by atoms with Crippen LogP contribution in [-0.2, 0) is 4.74 Å². The smallest absolute Gasteiger partial charge is 0.344 e. The van der Waals surface area contributed by atoms with Crippen LogP contribution in [0.25, 0.3) is 0 Å². The number of aliphatic hydroxyl groups is 1. The van der Waals surface area contributed by atoms with Crippen LogP contribution in [0.4, 0.5) is 0 Å². The van der Waals surface area contributed by atoms with Crippen molar-refractivity contribution in [2.24, 2.45) is 0 Å². The zero-order valence-electron chi connectivity index (χ0n) is 13.5. The second-order valence-electron chi connectivity index (χ2n) is 5.86. The van der Waals surface area contributed by atoms with E-state index in [0.717, 1.165) is 11.1 Å². The molecule has 4 rings (SSSR count). The molecule has 124 valence electrons. The van der Waals surface area contributed by atoms with Crippen molar-refractivity contribution in [1.82, 2.24) is 0 Å². The summed E-state index contributed by atoms with van der Waals surface area (Å²) in [7, 11) is 0. The molecule has 1 N–H and O–H groups in total. The third-order valence-electron chi connectivity index (χ3n) is 4.20. The maximum absolute atomic E-state index is 10.2. The van der Waals surface area contributed by atoms with Crippen molar-refractivity contribution in [3.8, 4) is 0 Å². The SMILES string of the molecule is OC1=C[N+](=Cc2ccco2)[C@@H](c2ccccc2)[C@@H](c2ccccc2)O1. The molecule has 2 atom stereocenters. The third-order valence-corrected chi connectivity index (χ3v) is 4.20. The largest absolute Gasteiger partial charge is 0.477 e. The Morgan fingerprint density at radius 1 is 0.840 bits per heavy atom. The highest BCUT2D eigenvalue weighted by Crippen LogP contribution is 2.39. The fraction of sp³-hybridized carbons (Fsp3) is 0.0952. The van der Waals surface area contributed by atoms with Crippen LogP contribution < -0.4 is 0 Å². The van der Waals surface area contributed by atoms with Gasteiger partial charge in [-0.25, -0.2) is 0 Å². The van der Waals surface area contributed by atoms with Crippen molar-refractivity contribution in [2.45, 2.75) is 12.1 Å². The van der Waals surface area contributed by atoms with Crippen molar-refractivity contribution < 1.29 is 18.8 Å². The van der Waals surface area contributed by atoms with Gasteiger partial charge in [0.05, 0.1) is 6.26 Å². The zero-order valence-corrected chi connectivity index (χ0v) is 13.5. The molecule has 2 heterocycles. The van der Waals surface area contributed by atoms with Gasteiger partial charge in [0.1, 0.15) is 0 Å². The molecule has 3 aromatic rings. The predicted molar refractivity (Wildman–Crippen MR) is 94.3 cm³/mol. The first-order valence-electron chi connectivity index (χ1n) is 8.14. The van der Waals surface area contributed by atoms with Gasteiger partial charge in [-0.05, 0) is 17.7 Å². The summed E-state index contributed by atoms with van der Waals surface area (Å²) in [5.41, 5.74) is 2.08. The average molecular weight is 332 g/mol. The molecule has 0 amide bonds. The topological polar surface area (TPSA) is 45.6 Å². The number of nitrogens with zero attached hydrogens (tertiary/aromatic N) is 1. The third kappa shape index (κ3) is 3.19. The summed E-state index contributed by atoms with van der Waals surface area (Å²) in [5, 5.41) is 10.2. The number of ether oxygens (including phenoxy) is 1. The molecule has 0 unspecified atom stereocenters. The van der Waals surface area contributed by atoms with Crippen LogP contribution in [0.15, 0.2) is 95.6 Å². The number of furan rings is 1. The van der Waals surface area contributed by atoms with Crippen molar-refractivity contribution >= 4 is 6.21 Å². The van der Waals surface area contributed by atoms with Crippen molar-refractivity contribution in [1.29, 1.82) is 0 Å². The number of aliphatic hydroxyl groups excluding tert-OH is 1. The summed E-state index contributed by atoms with van der Waals surface area (Å²) in [6.07, 6.45) is 4.73. The van der Waals surface area contributed by atoms with E-state index in [1.54, 1.807) is 12.5 Å². The lowest BCUT2D eigenvalue weighted by atomic mass is 9.94. The van der Waals surface area contributed by atoms with Gasteiger partial charge in [0.15, 0.2) is 11.9 Å². The van der Waals surface area contributed by atoms with Crippen molar-refractivity contribution in [2.75, 3.05) is 0 Å². The number of rotatable bonds is 3. The second kappa shape index (κ2) is 6.69. The highest BCUT2D eigenvalue weighted by atomic mass is 16.6. The monoisotopic (exact) mass is 332 g/mol. The Balaban J connectivity index is 1.85. The van der Waals surface area contributed by atoms with E-state index >= 15 is 0 Å². The normalized spacial score (nSPS) is 21.6. The van der Waals surface area contributed by atoms with Gasteiger partial charge < -0.3 is 14.3 Å². The summed E-state index contributed by atoms with van der Waals surface area (Å²) in [6.45, 7) is 0. The van der Waals surface area contributed by atoms with E-state index in [4.69, 9.17) is 9.15 Å². The Morgan fingerprint density at radius 3 is 2.16 bits per heavy atom. The van der Waals surface area contributed by atoms with Gasteiger partial charge in [-0.1, -0.05) is 60.7 Å². The summed E-state index contributed by atoms with van der Waals surface area (Å²) >= 11 is 0. The Kier molecular flexibility index (Phi) is 4.09. The highest BCUT2D eigenvalue weighted by molar-refractivity contribution is 5.71. The fourth-order valence-corrected chi connectivity index (χ4v) is 3.11. The minimum Gasteiger partial charge on any atom is -0.477 e. The van der Waals surface area contributed by atoms with Gasteiger partial charge in [0.2, 0.25) is 12.3 Å². The van der Waals surface area contributed by atoms with Crippen LogP contribution in [0.5, 0.6) is 0 Å². The van der Waals surface area contributed by atoms with E-state index in [1.165, 1.54) is 0 Å². The van der Waals surface area contributed by atoms with Gasteiger partial charge in [0.25, 0.3) is 6.20 Å². The molecule has 1 aromatic heterocycles. The molecule has 1 aliphatic heterocycles. The van der Waals surface area contributed by atoms with Crippen LogP contribution in [0.3, 0.4) is 0 Å². The maximum atomic E-state index is 10.2. The zero-order chi connectivity index (χ0) is 17.1. The lowest BCUT2D eigenvalue weighted by Gasteiger charge is -2.27. The molecule has 0 saturated carbocycles. The summed E-state index contributed by atoms with van der Waals surface area (Å²) in [6, 6.07) is 23.6. The molecule has 0 radical (unpaired) electrons. The van der Waals surface area contributed by atoms with Crippen molar-refractivity contribution in [3.63, 3.8) is 0 Å². The number of benzene rings is 2. The van der Waals surface area contributed by atoms with Gasteiger partial charge >= 0.3 is 5.95 Å². The van der Waals surface area contributed by atoms with Gasteiger partial charge in [-0.15, -0.1) is 0 Å². The van der Waals surface area contributed by atoms with Crippen LogP contribution >= 0.6 is 0 Å². The molecular formula is C21H18NO3+. The van der Waals surface area contributed by atoms with Crippen LogP contribution in [0.2, 0.25) is 0 Å². The quantitative estimate of drug-likeness (QED) is 0.714. The van der Waals surface area contributed by atoms with E-state index in [1.807, 2.05) is 71.5 Å². The standard InChI is InChI=1S/C21H17NO3/c23-19-15-22(14-18-12-7-13-24-18)20(16-8-3-1-4-9-16)21(25-19)17-10-5-2-6-11-17/h1-15,20-21H/p+1/t20-,21+/m0/s1. The predicted octanol–water partition coefficient (Wildman–Crippen LogP) is 4.58. The fourth-order valence-electron chi connectivity index (χ4n) is 3.11. The Labute approximate surface area is 145 Å². The van der Waals surface area contributed by atoms with Crippen molar-refractivity contribution in [3.05, 3.63) is 108 Å². The first-order valence-corrected chi connectivity index (χ1v) is 8.14. The lowest BCUT2D eigenvalue weighted by molar-refractivity contribution is -0.534. The summed E-state index contributed by atoms with van der Waals surface area (Å²) in [5.74, 6) is 0.586. The molecule has 0 spiro atoms. The molecular weight excluding hydrogens is 314 g/mol. The van der Waals surface area contributed by atoms with E-state index in [0.29, 0.717) is 5.76 Å². The van der Waals surface area contributed by atoms with Crippen LogP contribution in [0, 0.1) is 0 Å². The molecule has 2 aromatic carbocycles. The molecule has 0 fully saturated rings. The summed E-state index contributed by atoms with van der Waals surface area (Å²) < 4.78 is 13.2. The molecule has 1 aliphatic rings. The van der Waals surface area contributed by atoms with Gasteiger partial charge in [-0.2, -0.15) is 4.58 Å². The molecule has 0 aliphatic carbocycles. The van der Waals surface area contributed by atoms with E-state index in [9.17, 15) is 5.11 Å². The average Bonchev–Trinajstić information content (AvgIpc) is 3.16. The summed E-state index contributed by atoms with van der Waals surface area (Å²) in [4.78, 5) is 0. The first kappa shape index (κ1) is 15.3. The molecule has 25 heavy (non-hydrogen) atoms. The Hall–Kier alpha value is -3.27. The minimum absolute atomic E-state index is 0.121. The van der Waals surface area contributed by atoms with Crippen LogP contribution in [-0.4, -0.2) is 15.9 Å². The highest BCUT2D eigenvalue weighted by Gasteiger charge is 2.40. The lowest BCUT2D eigenvalue weighted by Crippen LogP contribution is -2.29. The molecule has 0 bridgehead atoms. The van der Waals surface area contributed by atoms with Gasteiger partial charge in [-0.3, -0.25) is 0 Å². The number of hydrogen-bond acceptors (Lipinski definition) is 3. The first-order chi connectivity index (χ1) is 12.3. The number of hydrogen-bond donors (Lipinski definition) is 1. The van der Waals surface area contributed by atoms with Crippen LogP contribution in [0.1, 0.15) is 29.0 Å². The van der Waals surface area contributed by atoms with E-state index in [-0.39, 0.29) is 18.1 Å². The molecule has 4 heteroatoms. The molecule has 4 nitrogen and oxygen atoms in total. The molecule has 0 saturated heterocycles. The van der Waals surface area contributed by atoms with E-state index < -0.39 is 0 Å². The van der Waals surface area contributed by atoms with E-state index in [2.05, 4.69) is 12.1 Å². The second-order valence-corrected chi connectivity index (χ2v) is 5.86. The van der Waals surface area contributed by atoms with Gasteiger partial charge in [0, 0.05) is 5.56 Å². The Bertz CT molecular complexity index is 883. The Morgan fingerprint density at radius 2 is 1.52 bits per heavy atom. The minimum atomic E-state index is -0.347.